The molecule has 0 saturated heterocycles. The third-order valence-electron chi connectivity index (χ3n) is 8.28. The maximum Gasteiger partial charge on any atom is 0.323 e. The van der Waals surface area contributed by atoms with Crippen molar-refractivity contribution in [2.75, 3.05) is 13.6 Å². The molecule has 2 unspecified atom stereocenters. The van der Waals surface area contributed by atoms with E-state index in [4.69, 9.17) is 9.84 Å². The van der Waals surface area contributed by atoms with Gasteiger partial charge >= 0.3 is 5.97 Å². The summed E-state index contributed by atoms with van der Waals surface area (Å²) in [6.07, 6.45) is 1.33. The number of aliphatic carboxylic acids is 1. The molecule has 2 rings (SSSR count). The molecule has 6 nitrogen and oxygen atoms in total. The van der Waals surface area contributed by atoms with Crippen LogP contribution in [0.25, 0.3) is 0 Å². The molecule has 2 N–H and O–H groups in total. The number of likely N-dealkylation sites (N-methyl/N-ethyl adjacent to an activating group) is 1. The molecule has 2 aromatic rings. The molecule has 0 spiro atoms. The lowest BCUT2D eigenvalue weighted by molar-refractivity contribution is -0.137. The van der Waals surface area contributed by atoms with Crippen molar-refractivity contribution >= 4 is 11.9 Å². The molecule has 0 saturated carbocycles. The number of hydrogen-bond acceptors (Lipinski definition) is 4. The van der Waals surface area contributed by atoms with Gasteiger partial charge in [0.05, 0.1) is 0 Å². The zero-order chi connectivity index (χ0) is 28.3. The number of carbonyl (C=O) groups is 2. The monoisotopic (exact) mass is 511 g/mol. The van der Waals surface area contributed by atoms with Crippen molar-refractivity contribution in [3.8, 4) is 5.75 Å². The van der Waals surface area contributed by atoms with Gasteiger partial charge in [-0.15, -0.1) is 0 Å². The standard InChI is InChI=1S/C31H45NO5/c1-11-31(12-2,23-13-15-25(20(3)17-23)28(35)32(10)19-27(33)34)24-14-16-26(21(4)18-24)37-22(5)30(9,36)29(6,7)8/h13-18,22,36H,11-12,19H2,1-10H3,(H,33,34). The van der Waals surface area contributed by atoms with Gasteiger partial charge < -0.3 is 19.8 Å². The highest BCUT2D eigenvalue weighted by Crippen LogP contribution is 2.42. The van der Waals surface area contributed by atoms with E-state index < -0.39 is 17.7 Å². The summed E-state index contributed by atoms with van der Waals surface area (Å²) in [4.78, 5) is 25.1. The van der Waals surface area contributed by atoms with Crippen molar-refractivity contribution < 1.29 is 24.5 Å². The van der Waals surface area contributed by atoms with Crippen LogP contribution in [0.5, 0.6) is 5.75 Å². The van der Waals surface area contributed by atoms with Crippen LogP contribution in [0.3, 0.4) is 0 Å². The number of aryl methyl sites for hydroxylation is 2. The van der Waals surface area contributed by atoms with E-state index >= 15 is 0 Å². The van der Waals surface area contributed by atoms with Crippen molar-refractivity contribution in [2.24, 2.45) is 5.41 Å². The van der Waals surface area contributed by atoms with Crippen molar-refractivity contribution in [3.05, 3.63) is 64.2 Å². The molecule has 0 bridgehead atoms. The lowest BCUT2D eigenvalue weighted by Crippen LogP contribution is -2.51. The summed E-state index contributed by atoms with van der Waals surface area (Å²) in [5.41, 5.74) is 3.00. The number of hydrogen-bond donors (Lipinski definition) is 2. The second kappa shape index (κ2) is 11.3. The summed E-state index contributed by atoms with van der Waals surface area (Å²) < 4.78 is 6.25. The molecule has 0 aromatic heterocycles. The molecular weight excluding hydrogens is 466 g/mol. The first-order valence-corrected chi connectivity index (χ1v) is 13.1. The number of amides is 1. The summed E-state index contributed by atoms with van der Waals surface area (Å²) >= 11 is 0. The average Bonchev–Trinajstić information content (AvgIpc) is 2.80. The molecule has 37 heavy (non-hydrogen) atoms. The second-order valence-electron chi connectivity index (χ2n) is 11.5. The molecule has 2 aromatic carbocycles. The van der Waals surface area contributed by atoms with Crippen molar-refractivity contribution in [1.29, 1.82) is 0 Å². The van der Waals surface area contributed by atoms with E-state index in [1.165, 1.54) is 17.5 Å². The molecule has 0 aliphatic carbocycles. The third-order valence-corrected chi connectivity index (χ3v) is 8.28. The number of aliphatic hydroxyl groups is 1. The molecule has 0 radical (unpaired) electrons. The average molecular weight is 512 g/mol. The van der Waals surface area contributed by atoms with E-state index in [1.807, 2.05) is 66.7 Å². The Bertz CT molecular complexity index is 1120. The maximum atomic E-state index is 12.8. The Balaban J connectivity index is 2.44. The number of rotatable bonds is 10. The second-order valence-corrected chi connectivity index (χ2v) is 11.5. The van der Waals surface area contributed by atoms with E-state index in [-0.39, 0.29) is 23.3 Å². The smallest absolute Gasteiger partial charge is 0.323 e. The number of benzene rings is 2. The number of carbonyl (C=O) groups excluding carboxylic acids is 1. The number of ether oxygens (including phenoxy) is 1. The van der Waals surface area contributed by atoms with Crippen LogP contribution in [0, 0.1) is 19.3 Å². The van der Waals surface area contributed by atoms with Crippen LogP contribution >= 0.6 is 0 Å². The van der Waals surface area contributed by atoms with Gasteiger partial charge in [-0.2, -0.15) is 0 Å². The first-order valence-electron chi connectivity index (χ1n) is 13.1. The van der Waals surface area contributed by atoms with Gasteiger partial charge in [-0.3, -0.25) is 9.59 Å². The van der Waals surface area contributed by atoms with Crippen molar-refractivity contribution in [1.82, 2.24) is 4.90 Å². The molecule has 0 aliphatic heterocycles. The fraction of sp³-hybridized carbons (Fsp3) is 0.548. The lowest BCUT2D eigenvalue weighted by Gasteiger charge is -2.41. The van der Waals surface area contributed by atoms with Gasteiger partial charge in [0.25, 0.3) is 5.91 Å². The van der Waals surface area contributed by atoms with Gasteiger partial charge in [0, 0.05) is 18.0 Å². The van der Waals surface area contributed by atoms with Gasteiger partial charge in [0.2, 0.25) is 0 Å². The third kappa shape index (κ3) is 6.18. The van der Waals surface area contributed by atoms with Gasteiger partial charge in [0.1, 0.15) is 24.0 Å². The summed E-state index contributed by atoms with van der Waals surface area (Å²) in [5, 5.41) is 20.1. The lowest BCUT2D eigenvalue weighted by atomic mass is 9.70. The van der Waals surface area contributed by atoms with E-state index in [0.717, 1.165) is 35.3 Å². The zero-order valence-electron chi connectivity index (χ0n) is 24.2. The highest BCUT2D eigenvalue weighted by molar-refractivity contribution is 5.97. The minimum atomic E-state index is -1.04. The largest absolute Gasteiger partial charge is 0.487 e. The summed E-state index contributed by atoms with van der Waals surface area (Å²) in [6, 6.07) is 12.1. The highest BCUT2D eigenvalue weighted by Gasteiger charge is 2.42. The van der Waals surface area contributed by atoms with Crippen molar-refractivity contribution in [2.45, 2.75) is 92.3 Å². The van der Waals surface area contributed by atoms with E-state index in [2.05, 4.69) is 32.0 Å². The Kier molecular flexibility index (Phi) is 9.24. The Morgan fingerprint density at radius 2 is 1.46 bits per heavy atom. The minimum Gasteiger partial charge on any atom is -0.487 e. The van der Waals surface area contributed by atoms with Gasteiger partial charge in [0.15, 0.2) is 0 Å². The number of nitrogens with zero attached hydrogens (tertiary/aromatic N) is 1. The molecule has 0 aliphatic rings. The normalized spacial score (nSPS) is 14.6. The highest BCUT2D eigenvalue weighted by atomic mass is 16.5. The van der Waals surface area contributed by atoms with Gasteiger partial charge in [-0.25, -0.2) is 0 Å². The fourth-order valence-electron chi connectivity index (χ4n) is 4.91. The fourth-order valence-corrected chi connectivity index (χ4v) is 4.91. The first-order chi connectivity index (χ1) is 17.0. The van der Waals surface area contributed by atoms with E-state index in [9.17, 15) is 14.7 Å². The first kappa shape index (κ1) is 30.4. The SMILES string of the molecule is CCC(CC)(c1ccc(OC(C)C(C)(O)C(C)(C)C)c(C)c1)c1ccc(C(=O)N(C)CC(=O)O)c(C)c1. The quantitative estimate of drug-likeness (QED) is 0.401. The zero-order valence-corrected chi connectivity index (χ0v) is 24.2. The molecule has 0 heterocycles. The summed E-state index contributed by atoms with van der Waals surface area (Å²) in [7, 11) is 1.50. The van der Waals surface area contributed by atoms with Gasteiger partial charge in [-0.1, -0.05) is 58.9 Å². The Labute approximate surface area is 222 Å². The van der Waals surface area contributed by atoms with Crippen LogP contribution in [0.4, 0.5) is 0 Å². The van der Waals surface area contributed by atoms with E-state index in [0.29, 0.717) is 5.56 Å². The molecule has 6 heteroatoms. The van der Waals surface area contributed by atoms with Gasteiger partial charge in [-0.05, 0) is 80.3 Å². The van der Waals surface area contributed by atoms with Crippen LogP contribution in [-0.4, -0.2) is 52.3 Å². The predicted molar refractivity (Wildman–Crippen MR) is 148 cm³/mol. The molecule has 204 valence electrons. The molecular formula is C31H45NO5. The Morgan fingerprint density at radius 3 is 1.89 bits per heavy atom. The minimum absolute atomic E-state index is 0.259. The Hall–Kier alpha value is -2.86. The van der Waals surface area contributed by atoms with Crippen LogP contribution in [-0.2, 0) is 10.2 Å². The van der Waals surface area contributed by atoms with Crippen LogP contribution in [0.1, 0.15) is 93.9 Å². The van der Waals surface area contributed by atoms with E-state index in [1.54, 1.807) is 0 Å². The molecule has 1 amide bonds. The van der Waals surface area contributed by atoms with Crippen molar-refractivity contribution in [3.63, 3.8) is 0 Å². The summed E-state index contributed by atoms with van der Waals surface area (Å²) in [6.45, 7) is 17.6. The number of carboxylic acid groups (broad SMARTS) is 1. The van der Waals surface area contributed by atoms with Crippen LogP contribution < -0.4 is 4.74 Å². The topological polar surface area (TPSA) is 87.1 Å². The van der Waals surface area contributed by atoms with Crippen LogP contribution in [0.2, 0.25) is 0 Å². The maximum absolute atomic E-state index is 12.8. The molecule has 0 fully saturated rings. The Morgan fingerprint density at radius 1 is 0.946 bits per heavy atom. The predicted octanol–water partition coefficient (Wildman–Crippen LogP) is 6.13. The summed E-state index contributed by atoms with van der Waals surface area (Å²) in [5.74, 6) is -0.594. The van der Waals surface area contributed by atoms with Crippen LogP contribution in [0.15, 0.2) is 36.4 Å². The number of carboxylic acids is 1. The molecule has 2 atom stereocenters.